The average Bonchev–Trinajstić information content (AvgIpc) is 2.52. The van der Waals surface area contributed by atoms with Gasteiger partial charge in [0.1, 0.15) is 0 Å². The Morgan fingerprint density at radius 2 is 1.50 bits per heavy atom. The lowest BCUT2D eigenvalue weighted by Crippen LogP contribution is -2.18. The molecule has 0 fully saturated rings. The van der Waals surface area contributed by atoms with Crippen LogP contribution in [-0.2, 0) is 4.79 Å². The third-order valence-corrected chi connectivity index (χ3v) is 2.19. The van der Waals surface area contributed by atoms with Crippen molar-refractivity contribution in [2.45, 2.75) is 41.5 Å². The van der Waals surface area contributed by atoms with Crippen LogP contribution in [0, 0.1) is 0 Å². The highest BCUT2D eigenvalue weighted by Crippen LogP contribution is 2.10. The van der Waals surface area contributed by atoms with Crippen molar-refractivity contribution in [2.75, 3.05) is 5.32 Å². The minimum Gasteiger partial charge on any atom is -0.398 e. The molecule has 3 heteroatoms. The van der Waals surface area contributed by atoms with Gasteiger partial charge in [-0.3, -0.25) is 4.79 Å². The predicted molar refractivity (Wildman–Crippen MR) is 89.5 cm³/mol. The van der Waals surface area contributed by atoms with E-state index in [1.807, 2.05) is 58.0 Å². The van der Waals surface area contributed by atoms with Crippen LogP contribution in [0.3, 0.4) is 0 Å². The van der Waals surface area contributed by atoms with E-state index in [2.05, 4.69) is 5.32 Å². The Morgan fingerprint density at radius 3 is 1.90 bits per heavy atom. The van der Waals surface area contributed by atoms with Gasteiger partial charge in [-0.05, 0) is 26.0 Å². The van der Waals surface area contributed by atoms with Crippen molar-refractivity contribution < 1.29 is 4.79 Å². The van der Waals surface area contributed by atoms with E-state index in [9.17, 15) is 4.79 Å². The molecule has 112 valence electrons. The van der Waals surface area contributed by atoms with Crippen LogP contribution in [0.15, 0.2) is 53.8 Å². The molecule has 0 spiro atoms. The van der Waals surface area contributed by atoms with Gasteiger partial charge in [-0.1, -0.05) is 58.0 Å². The highest BCUT2D eigenvalue weighted by molar-refractivity contribution is 6.06. The smallest absolute Gasteiger partial charge is 0.257 e. The minimum atomic E-state index is -0.190. The molecule has 0 bridgehead atoms. The number of nitrogens with two attached hydrogens (primary N) is 1. The summed E-state index contributed by atoms with van der Waals surface area (Å²) in [7, 11) is 0. The first kappa shape index (κ1) is 20.3. The molecule has 1 rings (SSSR count). The lowest BCUT2D eigenvalue weighted by atomic mass is 10.1. The van der Waals surface area contributed by atoms with Gasteiger partial charge < -0.3 is 11.1 Å². The van der Waals surface area contributed by atoms with E-state index in [-0.39, 0.29) is 5.91 Å². The van der Waals surface area contributed by atoms with Gasteiger partial charge in [0.05, 0.1) is 5.57 Å². The molecule has 3 N–H and O–H groups in total. The number of para-hydroxylation sites is 1. The predicted octanol–water partition coefficient (Wildman–Crippen LogP) is 4.49. The van der Waals surface area contributed by atoms with Crippen LogP contribution in [0.2, 0.25) is 0 Å². The topological polar surface area (TPSA) is 55.1 Å². The number of nitrogens with one attached hydrogen (secondary N) is 1. The summed E-state index contributed by atoms with van der Waals surface area (Å²) in [6.07, 6.45) is 3.41. The van der Waals surface area contributed by atoms with E-state index in [0.29, 0.717) is 11.3 Å². The molecule has 1 amide bonds. The molecule has 0 aliphatic heterocycles. The lowest BCUT2D eigenvalue weighted by Gasteiger charge is -2.08. The zero-order chi connectivity index (χ0) is 16.0. The maximum absolute atomic E-state index is 11.8. The molecule has 20 heavy (non-hydrogen) atoms. The fourth-order valence-electron chi connectivity index (χ4n) is 1.30. The van der Waals surface area contributed by atoms with Crippen LogP contribution in [0.5, 0.6) is 0 Å². The summed E-state index contributed by atoms with van der Waals surface area (Å²) in [5, 5.41) is 2.78. The summed E-state index contributed by atoms with van der Waals surface area (Å²) in [5.41, 5.74) is 7.45. The summed E-state index contributed by atoms with van der Waals surface area (Å²) in [5.74, 6) is -0.190. The highest BCUT2D eigenvalue weighted by atomic mass is 16.1. The Hall–Kier alpha value is -2.03. The number of hydrogen-bond acceptors (Lipinski definition) is 2. The number of carbonyl (C=O) groups excluding carboxylic acids is 1. The molecule has 0 saturated carbocycles. The average molecular weight is 276 g/mol. The van der Waals surface area contributed by atoms with E-state index in [1.54, 1.807) is 26.0 Å². The fourth-order valence-corrected chi connectivity index (χ4v) is 1.30. The fraction of sp³-hybridized carbons (Fsp3) is 0.353. The Bertz CT molecular complexity index is 420. The number of hydrogen-bond donors (Lipinski definition) is 2. The summed E-state index contributed by atoms with van der Waals surface area (Å²) in [6, 6.07) is 9.29. The highest BCUT2D eigenvalue weighted by Gasteiger charge is 2.10. The maximum Gasteiger partial charge on any atom is 0.257 e. The molecule has 0 aromatic heterocycles. The standard InChI is InChI=1S/C13H16N2O.2C2H6/c1-3-11(12(14)4-2)13(16)15-10-8-6-5-7-9-10;2*1-2/h3-9H,14H2,1-2H3,(H,15,16);2*1-2H3/b11-3+,12-4+;;. The molecule has 0 aliphatic carbocycles. The van der Waals surface area contributed by atoms with Crippen LogP contribution >= 0.6 is 0 Å². The van der Waals surface area contributed by atoms with E-state index >= 15 is 0 Å². The van der Waals surface area contributed by atoms with Crippen molar-refractivity contribution in [1.29, 1.82) is 0 Å². The first-order valence-corrected chi connectivity index (χ1v) is 7.14. The third-order valence-electron chi connectivity index (χ3n) is 2.19. The van der Waals surface area contributed by atoms with Gasteiger partial charge in [0.15, 0.2) is 0 Å². The van der Waals surface area contributed by atoms with Gasteiger partial charge in [-0.2, -0.15) is 0 Å². The van der Waals surface area contributed by atoms with Crippen LogP contribution in [0.25, 0.3) is 0 Å². The van der Waals surface area contributed by atoms with Crippen LogP contribution in [-0.4, -0.2) is 5.91 Å². The Morgan fingerprint density at radius 1 is 1.00 bits per heavy atom. The Kier molecular flexibility index (Phi) is 13.6. The summed E-state index contributed by atoms with van der Waals surface area (Å²) < 4.78 is 0. The number of carbonyl (C=O) groups is 1. The summed E-state index contributed by atoms with van der Waals surface area (Å²) in [4.78, 5) is 11.8. The van der Waals surface area contributed by atoms with Crippen LogP contribution < -0.4 is 11.1 Å². The zero-order valence-corrected chi connectivity index (χ0v) is 13.5. The van der Waals surface area contributed by atoms with Gasteiger partial charge in [0, 0.05) is 11.4 Å². The van der Waals surface area contributed by atoms with Crippen molar-refractivity contribution in [3.05, 3.63) is 53.8 Å². The van der Waals surface area contributed by atoms with E-state index < -0.39 is 0 Å². The molecule has 0 radical (unpaired) electrons. The first-order chi connectivity index (χ1) is 9.69. The van der Waals surface area contributed by atoms with Crippen LogP contribution in [0.4, 0.5) is 5.69 Å². The van der Waals surface area contributed by atoms with Crippen molar-refractivity contribution in [1.82, 2.24) is 0 Å². The Balaban J connectivity index is 0. The van der Waals surface area contributed by atoms with Gasteiger partial charge >= 0.3 is 0 Å². The van der Waals surface area contributed by atoms with Gasteiger partial charge in [0.2, 0.25) is 0 Å². The van der Waals surface area contributed by atoms with E-state index in [1.165, 1.54) is 0 Å². The molecular formula is C17H28N2O. The zero-order valence-electron chi connectivity index (χ0n) is 13.5. The summed E-state index contributed by atoms with van der Waals surface area (Å²) >= 11 is 0. The minimum absolute atomic E-state index is 0.190. The monoisotopic (exact) mass is 276 g/mol. The van der Waals surface area contributed by atoms with Gasteiger partial charge in [-0.25, -0.2) is 0 Å². The van der Waals surface area contributed by atoms with Crippen molar-refractivity contribution in [3.63, 3.8) is 0 Å². The molecule has 1 aromatic rings. The second-order valence-corrected chi connectivity index (χ2v) is 3.27. The quantitative estimate of drug-likeness (QED) is 0.631. The number of benzene rings is 1. The van der Waals surface area contributed by atoms with Crippen molar-refractivity contribution in [3.8, 4) is 0 Å². The van der Waals surface area contributed by atoms with Crippen LogP contribution in [0.1, 0.15) is 41.5 Å². The molecule has 0 unspecified atom stereocenters. The third kappa shape index (κ3) is 7.41. The van der Waals surface area contributed by atoms with Crippen molar-refractivity contribution >= 4 is 11.6 Å². The second-order valence-electron chi connectivity index (χ2n) is 3.27. The molecule has 0 atom stereocenters. The number of allylic oxidation sites excluding steroid dienone is 2. The Labute approximate surface area is 123 Å². The summed E-state index contributed by atoms with van der Waals surface area (Å²) in [6.45, 7) is 11.6. The van der Waals surface area contributed by atoms with Gasteiger partial charge in [0.25, 0.3) is 5.91 Å². The lowest BCUT2D eigenvalue weighted by molar-refractivity contribution is -0.112. The largest absolute Gasteiger partial charge is 0.398 e. The molecule has 0 heterocycles. The molecule has 3 nitrogen and oxygen atoms in total. The maximum atomic E-state index is 11.8. The first-order valence-electron chi connectivity index (χ1n) is 7.14. The van der Waals surface area contributed by atoms with E-state index in [4.69, 9.17) is 5.73 Å². The molecular weight excluding hydrogens is 248 g/mol. The van der Waals surface area contributed by atoms with Gasteiger partial charge in [-0.15, -0.1) is 0 Å². The van der Waals surface area contributed by atoms with E-state index in [0.717, 1.165) is 5.69 Å². The molecule has 1 aromatic carbocycles. The van der Waals surface area contributed by atoms with Crippen molar-refractivity contribution in [2.24, 2.45) is 5.73 Å². The number of rotatable bonds is 3. The second kappa shape index (κ2) is 13.4. The molecule has 0 saturated heterocycles. The normalized spacial score (nSPS) is 10.5. The SMILES string of the molecule is C/C=C(N)\C(=C/C)C(=O)Nc1ccccc1.CC.CC. The number of amides is 1. The molecule has 0 aliphatic rings. The number of anilines is 1.